The van der Waals surface area contributed by atoms with Crippen molar-refractivity contribution >= 4 is 17.6 Å². The summed E-state index contributed by atoms with van der Waals surface area (Å²) in [5, 5.41) is 15.4. The van der Waals surface area contributed by atoms with Gasteiger partial charge in [0.25, 0.3) is 0 Å². The molecule has 0 saturated heterocycles. The number of carbonyl (C=O) groups is 2. The zero-order valence-electron chi connectivity index (χ0n) is 18.7. The van der Waals surface area contributed by atoms with E-state index in [9.17, 15) is 14.7 Å². The average molecular weight is 448 g/mol. The minimum atomic E-state index is -0.920. The van der Waals surface area contributed by atoms with Crippen molar-refractivity contribution in [1.82, 2.24) is 10.2 Å². The van der Waals surface area contributed by atoms with E-state index in [1.807, 2.05) is 78.7 Å². The molecule has 3 rings (SSSR count). The normalized spacial score (nSPS) is 10.7. The van der Waals surface area contributed by atoms with E-state index in [0.717, 1.165) is 30.8 Å². The Hall–Kier alpha value is -3.68. The van der Waals surface area contributed by atoms with E-state index in [1.54, 1.807) is 12.1 Å². The summed E-state index contributed by atoms with van der Waals surface area (Å²) in [6.45, 7) is 2.24. The molecule has 7 nitrogen and oxygen atoms in total. The van der Waals surface area contributed by atoms with Crippen molar-refractivity contribution in [3.63, 3.8) is 0 Å². The summed E-state index contributed by atoms with van der Waals surface area (Å²) >= 11 is 0. The van der Waals surface area contributed by atoms with Gasteiger partial charge in [-0.3, -0.25) is 9.69 Å². The quantitative estimate of drug-likeness (QED) is 0.360. The molecule has 0 atom stereocenters. The Morgan fingerprint density at radius 1 is 0.909 bits per heavy atom. The molecule has 0 aliphatic carbocycles. The number of anilines is 1. The Kier molecular flexibility index (Phi) is 8.99. The molecule has 0 fully saturated rings. The summed E-state index contributed by atoms with van der Waals surface area (Å²) in [6.07, 6.45) is 0.838. The second-order valence-corrected chi connectivity index (χ2v) is 7.72. The molecule has 0 saturated carbocycles. The van der Waals surface area contributed by atoms with Crippen molar-refractivity contribution in [2.45, 2.75) is 13.0 Å². The van der Waals surface area contributed by atoms with E-state index in [2.05, 4.69) is 10.6 Å². The van der Waals surface area contributed by atoms with E-state index in [4.69, 9.17) is 4.74 Å². The Balaban J connectivity index is 1.34. The van der Waals surface area contributed by atoms with Crippen molar-refractivity contribution in [1.29, 1.82) is 0 Å². The first-order chi connectivity index (χ1) is 16.0. The van der Waals surface area contributed by atoms with Gasteiger partial charge in [-0.1, -0.05) is 36.4 Å². The molecule has 0 heterocycles. The standard InChI is InChI=1S/C26H29N3O4/c1-29(17-7-16-27-18-20-8-5-6-11-24(20)26(31)32)19-25(30)28-21-12-14-23(15-13-21)33-22-9-3-2-4-10-22/h2-6,8-15,27H,7,16-19H2,1H3,(H,28,30)(H,31,32). The van der Waals surface area contributed by atoms with E-state index >= 15 is 0 Å². The molecule has 0 aromatic heterocycles. The number of ether oxygens (including phenoxy) is 1. The minimum absolute atomic E-state index is 0.0856. The number of rotatable bonds is 12. The number of carboxylic acids is 1. The zero-order valence-corrected chi connectivity index (χ0v) is 18.7. The molecule has 7 heteroatoms. The minimum Gasteiger partial charge on any atom is -0.478 e. The Morgan fingerprint density at radius 2 is 1.58 bits per heavy atom. The van der Waals surface area contributed by atoms with Gasteiger partial charge in [-0.25, -0.2) is 4.79 Å². The Morgan fingerprint density at radius 3 is 2.30 bits per heavy atom. The molecule has 0 radical (unpaired) electrons. The average Bonchev–Trinajstić information content (AvgIpc) is 2.81. The molecule has 3 N–H and O–H groups in total. The van der Waals surface area contributed by atoms with Gasteiger partial charge in [0.1, 0.15) is 11.5 Å². The number of carboxylic acid groups (broad SMARTS) is 1. The van der Waals surface area contributed by atoms with Crippen LogP contribution in [0.1, 0.15) is 22.3 Å². The first-order valence-electron chi connectivity index (χ1n) is 10.8. The maximum absolute atomic E-state index is 12.3. The van der Waals surface area contributed by atoms with Crippen LogP contribution < -0.4 is 15.4 Å². The molecular weight excluding hydrogens is 418 g/mol. The first kappa shape index (κ1) is 24.0. The monoisotopic (exact) mass is 447 g/mol. The van der Waals surface area contributed by atoms with Crippen LogP contribution in [0.5, 0.6) is 11.5 Å². The van der Waals surface area contributed by atoms with Crippen LogP contribution >= 0.6 is 0 Å². The summed E-state index contributed by atoms with van der Waals surface area (Å²) in [4.78, 5) is 25.5. The number of nitrogens with zero attached hydrogens (tertiary/aromatic N) is 1. The molecule has 0 aliphatic rings. The van der Waals surface area contributed by atoms with Gasteiger partial charge in [0.2, 0.25) is 5.91 Å². The molecule has 0 bridgehead atoms. The van der Waals surface area contributed by atoms with Crippen LogP contribution in [-0.2, 0) is 11.3 Å². The van der Waals surface area contributed by atoms with Crippen LogP contribution in [-0.4, -0.2) is 48.6 Å². The molecule has 33 heavy (non-hydrogen) atoms. The van der Waals surface area contributed by atoms with Crippen molar-refractivity contribution in [3.05, 3.63) is 90.0 Å². The third kappa shape index (κ3) is 8.07. The summed E-state index contributed by atoms with van der Waals surface area (Å²) in [5.41, 5.74) is 1.80. The number of para-hydroxylation sites is 1. The van der Waals surface area contributed by atoms with Gasteiger partial charge in [0, 0.05) is 12.2 Å². The number of hydrogen-bond acceptors (Lipinski definition) is 5. The maximum atomic E-state index is 12.3. The smallest absolute Gasteiger partial charge is 0.336 e. The molecule has 0 aliphatic heterocycles. The van der Waals surface area contributed by atoms with Gasteiger partial charge in [0.05, 0.1) is 12.1 Å². The second-order valence-electron chi connectivity index (χ2n) is 7.72. The zero-order chi connectivity index (χ0) is 23.5. The fourth-order valence-corrected chi connectivity index (χ4v) is 3.34. The van der Waals surface area contributed by atoms with Crippen molar-refractivity contribution in [2.75, 3.05) is 32.0 Å². The van der Waals surface area contributed by atoms with Crippen LogP contribution in [0.3, 0.4) is 0 Å². The van der Waals surface area contributed by atoms with Gasteiger partial charge >= 0.3 is 5.97 Å². The highest BCUT2D eigenvalue weighted by Crippen LogP contribution is 2.22. The van der Waals surface area contributed by atoms with Gasteiger partial charge in [-0.2, -0.15) is 0 Å². The lowest BCUT2D eigenvalue weighted by molar-refractivity contribution is -0.117. The summed E-state index contributed by atoms with van der Waals surface area (Å²) in [6, 6.07) is 23.8. The molecular formula is C26H29N3O4. The highest BCUT2D eigenvalue weighted by atomic mass is 16.5. The van der Waals surface area contributed by atoms with E-state index < -0.39 is 5.97 Å². The number of carbonyl (C=O) groups excluding carboxylic acids is 1. The first-order valence-corrected chi connectivity index (χ1v) is 10.8. The molecule has 0 unspecified atom stereocenters. The number of amides is 1. The largest absolute Gasteiger partial charge is 0.478 e. The lowest BCUT2D eigenvalue weighted by Gasteiger charge is -2.16. The van der Waals surface area contributed by atoms with Crippen LogP contribution in [0.15, 0.2) is 78.9 Å². The molecule has 0 spiro atoms. The highest BCUT2D eigenvalue weighted by molar-refractivity contribution is 5.92. The third-order valence-electron chi connectivity index (χ3n) is 4.99. The van der Waals surface area contributed by atoms with E-state index in [0.29, 0.717) is 23.5 Å². The van der Waals surface area contributed by atoms with Crippen molar-refractivity contribution in [3.8, 4) is 11.5 Å². The Bertz CT molecular complexity index is 1040. The fourth-order valence-electron chi connectivity index (χ4n) is 3.34. The fraction of sp³-hybridized carbons (Fsp3) is 0.231. The second kappa shape index (κ2) is 12.4. The maximum Gasteiger partial charge on any atom is 0.336 e. The SMILES string of the molecule is CN(CCCNCc1ccccc1C(=O)O)CC(=O)Nc1ccc(Oc2ccccc2)cc1. The Labute approximate surface area is 194 Å². The predicted molar refractivity (Wildman–Crippen MR) is 129 cm³/mol. The number of aromatic carboxylic acids is 1. The van der Waals surface area contributed by atoms with Gasteiger partial charge in [0.15, 0.2) is 0 Å². The molecule has 3 aromatic carbocycles. The van der Waals surface area contributed by atoms with Gasteiger partial charge in [-0.05, 0) is 74.6 Å². The van der Waals surface area contributed by atoms with Crippen LogP contribution in [0.4, 0.5) is 5.69 Å². The van der Waals surface area contributed by atoms with Crippen molar-refractivity contribution < 1.29 is 19.4 Å². The van der Waals surface area contributed by atoms with E-state index in [1.165, 1.54) is 0 Å². The number of hydrogen-bond donors (Lipinski definition) is 3. The topological polar surface area (TPSA) is 90.9 Å². The lowest BCUT2D eigenvalue weighted by atomic mass is 10.1. The van der Waals surface area contributed by atoms with Gasteiger partial charge < -0.3 is 20.5 Å². The molecule has 3 aromatic rings. The van der Waals surface area contributed by atoms with Gasteiger partial charge in [-0.15, -0.1) is 0 Å². The summed E-state index contributed by atoms with van der Waals surface area (Å²) in [7, 11) is 1.90. The van der Waals surface area contributed by atoms with Crippen LogP contribution in [0, 0.1) is 0 Å². The molecule has 1 amide bonds. The number of likely N-dealkylation sites (N-methyl/N-ethyl adjacent to an activating group) is 1. The number of nitrogens with one attached hydrogen (secondary N) is 2. The summed E-state index contributed by atoms with van der Waals surface area (Å²) in [5.74, 6) is 0.459. The lowest BCUT2D eigenvalue weighted by Crippen LogP contribution is -2.32. The summed E-state index contributed by atoms with van der Waals surface area (Å²) < 4.78 is 5.76. The predicted octanol–water partition coefficient (Wildman–Crippen LogP) is 4.23. The van der Waals surface area contributed by atoms with Crippen molar-refractivity contribution in [2.24, 2.45) is 0 Å². The third-order valence-corrected chi connectivity index (χ3v) is 4.99. The molecule has 172 valence electrons. The van der Waals surface area contributed by atoms with E-state index in [-0.39, 0.29) is 12.5 Å². The number of benzene rings is 3. The van der Waals surface area contributed by atoms with Crippen LogP contribution in [0.2, 0.25) is 0 Å². The highest BCUT2D eigenvalue weighted by Gasteiger charge is 2.09. The van der Waals surface area contributed by atoms with Crippen LogP contribution in [0.25, 0.3) is 0 Å².